The molecule has 6 heterocycles. The van der Waals surface area contributed by atoms with Crippen molar-refractivity contribution in [2.24, 2.45) is 0 Å². The van der Waals surface area contributed by atoms with Crippen LogP contribution in [0, 0.1) is 0 Å². The number of hydrogen-bond acceptors (Lipinski definition) is 8. The lowest BCUT2D eigenvalue weighted by atomic mass is 9.96. The molecule has 2 aliphatic heterocycles. The molecule has 1 fully saturated rings. The summed E-state index contributed by atoms with van der Waals surface area (Å²) in [4.78, 5) is 29.0. The second-order valence-corrected chi connectivity index (χ2v) is 10.1. The number of rotatable bonds is 6. The molecular weight excluding hydrogens is 482 g/mol. The first-order valence-electron chi connectivity index (χ1n) is 12.7. The van der Waals surface area contributed by atoms with Crippen LogP contribution < -0.4 is 10.6 Å². The van der Waals surface area contributed by atoms with E-state index in [9.17, 15) is 4.79 Å². The van der Waals surface area contributed by atoms with Crippen LogP contribution >= 0.6 is 0 Å². The van der Waals surface area contributed by atoms with E-state index < -0.39 is 0 Å². The zero-order chi connectivity index (χ0) is 25.8. The Morgan fingerprint density at radius 3 is 2.92 bits per heavy atom. The molecule has 10 nitrogen and oxygen atoms in total. The van der Waals surface area contributed by atoms with Crippen molar-refractivity contribution in [3.8, 4) is 11.3 Å². The summed E-state index contributed by atoms with van der Waals surface area (Å²) >= 11 is 0. The van der Waals surface area contributed by atoms with Gasteiger partial charge in [-0.1, -0.05) is 12.1 Å². The summed E-state index contributed by atoms with van der Waals surface area (Å²) in [5.41, 5.74) is 8.41. The first kappa shape index (κ1) is 22.9. The molecule has 0 bridgehead atoms. The lowest BCUT2D eigenvalue weighted by molar-refractivity contribution is 0.0966. The standard InChI is InChI=1S/C28H27N7O3/c1-34(2)14-21-17(16-7-9-37-15-16)4-6-24(33-21)32-20-5-3-18(19-11-30-27(36)26(19)20)23-12-29-25-13-31-28-22(35(23)25)8-10-38-28/h3-6,8,10,12-13,16H,7,9,11,14-15H2,1-2H3,(H,30,36)(H,32,33)/t16-/m1/s1. The Bertz CT molecular complexity index is 1700. The van der Waals surface area contributed by atoms with Crippen molar-refractivity contribution in [1.29, 1.82) is 0 Å². The predicted octanol–water partition coefficient (Wildman–Crippen LogP) is 4.09. The molecular formula is C28H27N7O3. The van der Waals surface area contributed by atoms with Crippen LogP contribution in [0.5, 0.6) is 0 Å². The Morgan fingerprint density at radius 1 is 1.16 bits per heavy atom. The van der Waals surface area contributed by atoms with E-state index in [0.29, 0.717) is 35.2 Å². The molecule has 10 heteroatoms. The number of furan rings is 1. The van der Waals surface area contributed by atoms with Crippen molar-refractivity contribution in [1.82, 2.24) is 29.6 Å². The van der Waals surface area contributed by atoms with Gasteiger partial charge in [0.1, 0.15) is 11.3 Å². The van der Waals surface area contributed by atoms with Gasteiger partial charge in [0.15, 0.2) is 5.65 Å². The van der Waals surface area contributed by atoms with Crippen molar-refractivity contribution in [2.45, 2.75) is 25.4 Å². The van der Waals surface area contributed by atoms with Crippen LogP contribution in [-0.4, -0.2) is 57.5 Å². The van der Waals surface area contributed by atoms with Crippen LogP contribution in [0.2, 0.25) is 0 Å². The maximum Gasteiger partial charge on any atom is 0.254 e. The summed E-state index contributed by atoms with van der Waals surface area (Å²) in [6.45, 7) is 2.68. The number of nitrogens with one attached hydrogen (secondary N) is 2. The summed E-state index contributed by atoms with van der Waals surface area (Å²) in [5, 5.41) is 6.43. The molecule has 2 N–H and O–H groups in total. The van der Waals surface area contributed by atoms with Gasteiger partial charge in [0.25, 0.3) is 5.91 Å². The highest BCUT2D eigenvalue weighted by Crippen LogP contribution is 2.37. The quantitative estimate of drug-likeness (QED) is 0.352. The average Bonchev–Trinajstić information content (AvgIpc) is 3.70. The van der Waals surface area contributed by atoms with E-state index in [2.05, 4.69) is 31.6 Å². The van der Waals surface area contributed by atoms with Crippen LogP contribution in [0.3, 0.4) is 0 Å². The number of amides is 1. The van der Waals surface area contributed by atoms with Crippen molar-refractivity contribution < 1.29 is 13.9 Å². The van der Waals surface area contributed by atoms with Gasteiger partial charge in [-0.05, 0) is 43.8 Å². The SMILES string of the molecule is CN(C)Cc1nc(Nc2ccc(-c3cnc4cnc5occc5n34)c3c2C(=O)NC3)ccc1[C@@H]1CCOC1. The highest BCUT2D eigenvalue weighted by molar-refractivity contribution is 6.06. The number of carbonyl (C=O) groups is 1. The van der Waals surface area contributed by atoms with Crippen molar-refractivity contribution >= 4 is 34.3 Å². The zero-order valence-electron chi connectivity index (χ0n) is 21.2. The van der Waals surface area contributed by atoms with E-state index in [0.717, 1.165) is 59.9 Å². The summed E-state index contributed by atoms with van der Waals surface area (Å²) in [6, 6.07) is 9.98. The number of hydrogen-bond donors (Lipinski definition) is 2. The number of ether oxygens (including phenoxy) is 1. The smallest absolute Gasteiger partial charge is 0.254 e. The van der Waals surface area contributed by atoms with E-state index in [4.69, 9.17) is 14.1 Å². The molecule has 0 saturated carbocycles. The van der Waals surface area contributed by atoms with Crippen molar-refractivity contribution in [3.05, 3.63) is 71.4 Å². The second-order valence-electron chi connectivity index (χ2n) is 10.1. The molecule has 1 aromatic carbocycles. The van der Waals surface area contributed by atoms with Gasteiger partial charge in [-0.25, -0.2) is 15.0 Å². The van der Waals surface area contributed by atoms with Crippen LogP contribution in [0.15, 0.2) is 53.4 Å². The van der Waals surface area contributed by atoms with E-state index >= 15 is 0 Å². The second kappa shape index (κ2) is 8.93. The van der Waals surface area contributed by atoms with Crippen molar-refractivity contribution in [2.75, 3.05) is 32.6 Å². The number of fused-ring (bicyclic) bond motifs is 4. The van der Waals surface area contributed by atoms with Gasteiger partial charge in [-0.15, -0.1) is 0 Å². The molecule has 0 spiro atoms. The lowest BCUT2D eigenvalue weighted by Crippen LogP contribution is -2.16. The van der Waals surface area contributed by atoms with E-state index in [-0.39, 0.29) is 5.91 Å². The zero-order valence-corrected chi connectivity index (χ0v) is 21.2. The predicted molar refractivity (Wildman–Crippen MR) is 142 cm³/mol. The molecule has 7 rings (SSSR count). The normalized spacial score (nSPS) is 17.0. The first-order valence-corrected chi connectivity index (χ1v) is 12.7. The summed E-state index contributed by atoms with van der Waals surface area (Å²) in [7, 11) is 4.08. The fourth-order valence-electron chi connectivity index (χ4n) is 5.57. The van der Waals surface area contributed by atoms with Gasteiger partial charge in [0.2, 0.25) is 5.71 Å². The van der Waals surface area contributed by atoms with Gasteiger partial charge >= 0.3 is 0 Å². The monoisotopic (exact) mass is 509 g/mol. The Hall–Kier alpha value is -4.28. The van der Waals surface area contributed by atoms with E-state index in [1.54, 1.807) is 12.5 Å². The third-order valence-corrected chi connectivity index (χ3v) is 7.30. The number of carbonyl (C=O) groups excluding carboxylic acids is 1. The van der Waals surface area contributed by atoms with Gasteiger partial charge in [-0.3, -0.25) is 9.20 Å². The van der Waals surface area contributed by atoms with Gasteiger partial charge in [0, 0.05) is 37.2 Å². The van der Waals surface area contributed by atoms with Crippen LogP contribution in [0.25, 0.3) is 28.1 Å². The molecule has 0 aliphatic carbocycles. The Balaban J connectivity index is 1.29. The Morgan fingerprint density at radius 2 is 2.08 bits per heavy atom. The average molecular weight is 510 g/mol. The maximum absolute atomic E-state index is 13.0. The minimum Gasteiger partial charge on any atom is -0.445 e. The molecule has 0 radical (unpaired) electrons. The summed E-state index contributed by atoms with van der Waals surface area (Å²) in [6.07, 6.45) is 6.13. The van der Waals surface area contributed by atoms with Crippen LogP contribution in [-0.2, 0) is 17.8 Å². The summed E-state index contributed by atoms with van der Waals surface area (Å²) in [5.74, 6) is 0.963. The number of benzene rings is 1. The third kappa shape index (κ3) is 3.72. The third-order valence-electron chi connectivity index (χ3n) is 7.30. The fourth-order valence-corrected chi connectivity index (χ4v) is 5.57. The van der Waals surface area contributed by atoms with Gasteiger partial charge in [-0.2, -0.15) is 0 Å². The molecule has 5 aromatic rings. The fraction of sp³-hybridized carbons (Fsp3) is 0.286. The van der Waals surface area contributed by atoms with Crippen LogP contribution in [0.4, 0.5) is 11.5 Å². The molecule has 1 saturated heterocycles. The number of anilines is 2. The van der Waals surface area contributed by atoms with Gasteiger partial charge < -0.3 is 24.7 Å². The van der Waals surface area contributed by atoms with Crippen LogP contribution in [0.1, 0.15) is 39.5 Å². The minimum atomic E-state index is -0.110. The Labute approximate surface area is 218 Å². The highest BCUT2D eigenvalue weighted by Gasteiger charge is 2.28. The highest BCUT2D eigenvalue weighted by atomic mass is 16.5. The molecule has 1 atom stereocenters. The minimum absolute atomic E-state index is 0.110. The maximum atomic E-state index is 13.0. The van der Waals surface area contributed by atoms with E-state index in [1.807, 2.05) is 49.0 Å². The van der Waals surface area contributed by atoms with Gasteiger partial charge in [0.05, 0.1) is 47.9 Å². The topological polar surface area (TPSA) is 110 Å². The number of imidazole rings is 1. The molecule has 4 aromatic heterocycles. The molecule has 38 heavy (non-hydrogen) atoms. The molecule has 0 unspecified atom stereocenters. The largest absolute Gasteiger partial charge is 0.445 e. The molecule has 2 aliphatic rings. The number of aromatic nitrogens is 4. The lowest BCUT2D eigenvalue weighted by Gasteiger charge is -2.19. The summed E-state index contributed by atoms with van der Waals surface area (Å²) < 4.78 is 13.1. The van der Waals surface area contributed by atoms with E-state index in [1.165, 1.54) is 5.56 Å². The molecule has 1 amide bonds. The number of nitrogens with zero attached hydrogens (tertiary/aromatic N) is 5. The molecule has 192 valence electrons. The number of pyridine rings is 1. The Kier molecular flexibility index (Phi) is 5.38. The van der Waals surface area contributed by atoms with Crippen molar-refractivity contribution in [3.63, 3.8) is 0 Å². The first-order chi connectivity index (χ1) is 18.6.